The van der Waals surface area contributed by atoms with Gasteiger partial charge in [0.1, 0.15) is 5.82 Å². The smallest absolute Gasteiger partial charge is 0.335 e. The summed E-state index contributed by atoms with van der Waals surface area (Å²) in [6, 6.07) is 3.33. The molecule has 0 aromatic heterocycles. The fraction of sp³-hybridized carbons (Fsp3) is 0.526. The third kappa shape index (κ3) is 4.03. The van der Waals surface area contributed by atoms with Gasteiger partial charge < -0.3 is 14.9 Å². The van der Waals surface area contributed by atoms with Crippen molar-refractivity contribution in [3.63, 3.8) is 0 Å². The standard InChI is InChI=1S/C19H23FN2O4/c20-16-12-14(19(25)26)3-4-15(16)18(24)22-9-5-13(6-10-22)11-17(23)21-7-1-2-8-21/h3-4,12-13H,1-2,5-11H2,(H,25,26). The molecule has 1 aromatic carbocycles. The Morgan fingerprint density at radius 1 is 1.04 bits per heavy atom. The number of halogens is 1. The van der Waals surface area contributed by atoms with Crippen LogP contribution in [0.1, 0.15) is 52.8 Å². The number of nitrogens with zero attached hydrogens (tertiary/aromatic N) is 2. The van der Waals surface area contributed by atoms with E-state index in [0.29, 0.717) is 19.5 Å². The van der Waals surface area contributed by atoms with E-state index in [1.807, 2.05) is 4.90 Å². The van der Waals surface area contributed by atoms with Gasteiger partial charge in [0.15, 0.2) is 0 Å². The maximum absolute atomic E-state index is 14.1. The van der Waals surface area contributed by atoms with E-state index in [1.54, 1.807) is 4.90 Å². The second kappa shape index (κ2) is 7.85. The van der Waals surface area contributed by atoms with Crippen LogP contribution in [0, 0.1) is 11.7 Å². The number of benzene rings is 1. The average molecular weight is 362 g/mol. The van der Waals surface area contributed by atoms with Crippen LogP contribution < -0.4 is 0 Å². The van der Waals surface area contributed by atoms with Crippen LogP contribution in [0.15, 0.2) is 18.2 Å². The van der Waals surface area contributed by atoms with Crippen molar-refractivity contribution < 1.29 is 23.9 Å². The third-order valence-electron chi connectivity index (χ3n) is 5.27. The molecule has 3 rings (SSSR count). The summed E-state index contributed by atoms with van der Waals surface area (Å²) in [5.74, 6) is -2.02. The lowest BCUT2D eigenvalue weighted by Gasteiger charge is -2.32. The zero-order valence-corrected chi connectivity index (χ0v) is 14.6. The maximum atomic E-state index is 14.1. The van der Waals surface area contributed by atoms with E-state index < -0.39 is 17.7 Å². The number of carbonyl (C=O) groups is 3. The number of carboxylic acids is 1. The van der Waals surface area contributed by atoms with Gasteiger partial charge in [-0.05, 0) is 49.8 Å². The van der Waals surface area contributed by atoms with Gasteiger partial charge in [-0.25, -0.2) is 9.18 Å². The van der Waals surface area contributed by atoms with Crippen molar-refractivity contribution in [2.75, 3.05) is 26.2 Å². The second-order valence-electron chi connectivity index (χ2n) is 7.03. The van der Waals surface area contributed by atoms with E-state index in [9.17, 15) is 18.8 Å². The van der Waals surface area contributed by atoms with Crippen LogP contribution in [0.3, 0.4) is 0 Å². The number of rotatable bonds is 4. The molecule has 0 saturated carbocycles. The highest BCUT2D eigenvalue weighted by Crippen LogP contribution is 2.24. The number of likely N-dealkylation sites (tertiary alicyclic amines) is 2. The highest BCUT2D eigenvalue weighted by Gasteiger charge is 2.28. The van der Waals surface area contributed by atoms with E-state index in [2.05, 4.69) is 0 Å². The van der Waals surface area contributed by atoms with Crippen LogP contribution in [-0.4, -0.2) is 58.9 Å². The molecule has 0 aliphatic carbocycles. The summed E-state index contributed by atoms with van der Waals surface area (Å²) in [4.78, 5) is 39.1. The van der Waals surface area contributed by atoms with Crippen LogP contribution in [0.5, 0.6) is 0 Å². The first-order valence-electron chi connectivity index (χ1n) is 9.05. The predicted molar refractivity (Wildman–Crippen MR) is 92.4 cm³/mol. The van der Waals surface area contributed by atoms with Crippen molar-refractivity contribution in [2.45, 2.75) is 32.1 Å². The van der Waals surface area contributed by atoms with E-state index in [-0.39, 0.29) is 23.0 Å². The molecule has 26 heavy (non-hydrogen) atoms. The number of amides is 2. The zero-order chi connectivity index (χ0) is 18.7. The molecule has 1 aromatic rings. The van der Waals surface area contributed by atoms with Crippen molar-refractivity contribution in [1.82, 2.24) is 9.80 Å². The Balaban J connectivity index is 1.55. The lowest BCUT2D eigenvalue weighted by Crippen LogP contribution is -2.40. The topological polar surface area (TPSA) is 77.9 Å². The fourth-order valence-electron chi connectivity index (χ4n) is 3.67. The molecule has 0 radical (unpaired) electrons. The normalized spacial score (nSPS) is 18.2. The van der Waals surface area contributed by atoms with Gasteiger partial charge in [-0.3, -0.25) is 9.59 Å². The molecule has 2 heterocycles. The third-order valence-corrected chi connectivity index (χ3v) is 5.27. The minimum absolute atomic E-state index is 0.110. The second-order valence-corrected chi connectivity index (χ2v) is 7.03. The quantitative estimate of drug-likeness (QED) is 0.892. The summed E-state index contributed by atoms with van der Waals surface area (Å²) < 4.78 is 14.1. The van der Waals surface area contributed by atoms with Gasteiger partial charge in [0, 0.05) is 32.6 Å². The minimum atomic E-state index is -1.23. The molecule has 2 aliphatic rings. The molecule has 2 fully saturated rings. The Morgan fingerprint density at radius 3 is 2.27 bits per heavy atom. The summed E-state index contributed by atoms with van der Waals surface area (Å²) in [6.45, 7) is 2.66. The summed E-state index contributed by atoms with van der Waals surface area (Å²) in [5.41, 5.74) is -0.292. The van der Waals surface area contributed by atoms with Gasteiger partial charge in [0.25, 0.3) is 5.91 Å². The highest BCUT2D eigenvalue weighted by atomic mass is 19.1. The molecule has 2 saturated heterocycles. The first-order valence-corrected chi connectivity index (χ1v) is 9.05. The Morgan fingerprint density at radius 2 is 1.69 bits per heavy atom. The van der Waals surface area contributed by atoms with E-state index in [0.717, 1.165) is 44.8 Å². The van der Waals surface area contributed by atoms with Crippen molar-refractivity contribution in [3.8, 4) is 0 Å². The molecule has 2 aliphatic heterocycles. The molecule has 6 nitrogen and oxygen atoms in total. The Labute approximate surface area is 151 Å². The number of hydrogen-bond acceptors (Lipinski definition) is 3. The largest absolute Gasteiger partial charge is 0.478 e. The first kappa shape index (κ1) is 18.4. The van der Waals surface area contributed by atoms with Gasteiger partial charge in [0.05, 0.1) is 11.1 Å². The first-order chi connectivity index (χ1) is 12.5. The lowest BCUT2D eigenvalue weighted by atomic mass is 9.92. The van der Waals surface area contributed by atoms with Crippen molar-refractivity contribution in [3.05, 3.63) is 35.1 Å². The molecule has 0 unspecified atom stereocenters. The molecule has 7 heteroatoms. The molecule has 140 valence electrons. The van der Waals surface area contributed by atoms with Gasteiger partial charge in [-0.2, -0.15) is 0 Å². The van der Waals surface area contributed by atoms with Crippen molar-refractivity contribution in [2.24, 2.45) is 5.92 Å². The Hall–Kier alpha value is -2.44. The Bertz CT molecular complexity index is 707. The minimum Gasteiger partial charge on any atom is -0.478 e. The molecule has 0 atom stereocenters. The van der Waals surface area contributed by atoms with E-state index in [1.165, 1.54) is 12.1 Å². The monoisotopic (exact) mass is 362 g/mol. The summed E-state index contributed by atoms with van der Waals surface area (Å²) in [6.07, 6.45) is 4.11. The van der Waals surface area contributed by atoms with E-state index >= 15 is 0 Å². The molecule has 1 N–H and O–H groups in total. The van der Waals surface area contributed by atoms with Gasteiger partial charge in [0.2, 0.25) is 5.91 Å². The lowest BCUT2D eigenvalue weighted by molar-refractivity contribution is -0.131. The number of aromatic carboxylic acids is 1. The number of hydrogen-bond donors (Lipinski definition) is 1. The van der Waals surface area contributed by atoms with E-state index in [4.69, 9.17) is 5.11 Å². The van der Waals surface area contributed by atoms with Gasteiger partial charge in [-0.15, -0.1) is 0 Å². The number of piperidine rings is 1. The van der Waals surface area contributed by atoms with Crippen molar-refractivity contribution in [1.29, 1.82) is 0 Å². The maximum Gasteiger partial charge on any atom is 0.335 e. The molecule has 2 amide bonds. The number of carbonyl (C=O) groups excluding carboxylic acids is 2. The molecular weight excluding hydrogens is 339 g/mol. The summed E-state index contributed by atoms with van der Waals surface area (Å²) in [7, 11) is 0. The van der Waals surface area contributed by atoms with Crippen molar-refractivity contribution >= 4 is 17.8 Å². The van der Waals surface area contributed by atoms with Gasteiger partial charge in [-0.1, -0.05) is 0 Å². The van der Waals surface area contributed by atoms with Crippen LogP contribution >= 0.6 is 0 Å². The Kier molecular flexibility index (Phi) is 5.54. The fourth-order valence-corrected chi connectivity index (χ4v) is 3.67. The van der Waals surface area contributed by atoms with Crippen LogP contribution in [0.25, 0.3) is 0 Å². The molecular formula is C19H23FN2O4. The van der Waals surface area contributed by atoms with Gasteiger partial charge >= 0.3 is 5.97 Å². The summed E-state index contributed by atoms with van der Waals surface area (Å²) >= 11 is 0. The number of carboxylic acid groups (broad SMARTS) is 1. The summed E-state index contributed by atoms with van der Waals surface area (Å²) in [5, 5.41) is 8.87. The van der Waals surface area contributed by atoms with Crippen LogP contribution in [0.2, 0.25) is 0 Å². The SMILES string of the molecule is O=C(O)c1ccc(C(=O)N2CCC(CC(=O)N3CCCC3)CC2)c(F)c1. The highest BCUT2D eigenvalue weighted by molar-refractivity contribution is 5.96. The van der Waals surface area contributed by atoms with Crippen LogP contribution in [-0.2, 0) is 4.79 Å². The molecule has 0 bridgehead atoms. The molecule has 0 spiro atoms. The predicted octanol–water partition coefficient (Wildman–Crippen LogP) is 2.39. The van der Waals surface area contributed by atoms with Crippen LogP contribution in [0.4, 0.5) is 4.39 Å². The average Bonchev–Trinajstić information content (AvgIpc) is 3.16. The zero-order valence-electron chi connectivity index (χ0n) is 14.6.